The van der Waals surface area contributed by atoms with Crippen molar-refractivity contribution in [1.82, 2.24) is 9.97 Å². The van der Waals surface area contributed by atoms with Gasteiger partial charge in [-0.15, -0.1) is 0 Å². The second-order valence-corrected chi connectivity index (χ2v) is 5.86. The van der Waals surface area contributed by atoms with Crippen LogP contribution in [0.2, 0.25) is 5.15 Å². The Morgan fingerprint density at radius 1 is 1.05 bits per heavy atom. The zero-order valence-corrected chi connectivity index (χ0v) is 13.1. The Bertz CT molecular complexity index is 868. The van der Waals surface area contributed by atoms with Crippen LogP contribution in [0.15, 0.2) is 34.8 Å². The van der Waals surface area contributed by atoms with Gasteiger partial charge in [0, 0.05) is 15.4 Å². The van der Waals surface area contributed by atoms with Gasteiger partial charge in [-0.05, 0) is 30.7 Å². The molecule has 6 heteroatoms. The highest BCUT2D eigenvalue weighted by Gasteiger charge is 2.13. The summed E-state index contributed by atoms with van der Waals surface area (Å²) < 4.78 is 28.2. The molecule has 1 aromatic heterocycles. The molecule has 0 unspecified atom stereocenters. The molecule has 1 heterocycles. The normalized spacial score (nSPS) is 11.1. The molecule has 0 bridgehead atoms. The number of aromatic nitrogens is 2. The van der Waals surface area contributed by atoms with E-state index in [4.69, 9.17) is 11.6 Å². The van der Waals surface area contributed by atoms with Crippen molar-refractivity contribution in [3.05, 3.63) is 57.2 Å². The largest absolute Gasteiger partial charge is 0.225 e. The number of rotatable bonds is 1. The molecular weight excluding hydrogens is 362 g/mol. The van der Waals surface area contributed by atoms with E-state index in [-0.39, 0.29) is 22.3 Å². The van der Waals surface area contributed by atoms with Gasteiger partial charge in [-0.2, -0.15) is 0 Å². The summed E-state index contributed by atoms with van der Waals surface area (Å²) in [7, 11) is 0. The van der Waals surface area contributed by atoms with Crippen LogP contribution in [-0.2, 0) is 0 Å². The molecule has 21 heavy (non-hydrogen) atoms. The maximum atomic E-state index is 14.0. The van der Waals surface area contributed by atoms with Gasteiger partial charge in [-0.25, -0.2) is 18.7 Å². The van der Waals surface area contributed by atoms with E-state index in [2.05, 4.69) is 25.9 Å². The smallest absolute Gasteiger partial charge is 0.161 e. The van der Waals surface area contributed by atoms with Crippen molar-refractivity contribution in [3.63, 3.8) is 0 Å². The zero-order chi connectivity index (χ0) is 15.1. The second-order valence-electron chi connectivity index (χ2n) is 4.59. The SMILES string of the molecule is Cc1ccc(-c2nc(Cl)c3cc(Br)cc(F)c3n2)cc1F. The average Bonchev–Trinajstić information content (AvgIpc) is 2.43. The predicted octanol–water partition coefficient (Wildman–Crippen LogP) is 5.30. The summed E-state index contributed by atoms with van der Waals surface area (Å²) in [6, 6.07) is 7.53. The standard InChI is InChI=1S/C15H8BrClF2N2/c1-7-2-3-8(4-11(7)18)15-20-13-10(14(17)21-15)5-9(16)6-12(13)19/h2-6H,1H3. The third-order valence-electron chi connectivity index (χ3n) is 3.10. The molecule has 106 valence electrons. The van der Waals surface area contributed by atoms with Crippen LogP contribution < -0.4 is 0 Å². The van der Waals surface area contributed by atoms with E-state index in [1.807, 2.05) is 0 Å². The van der Waals surface area contributed by atoms with Gasteiger partial charge in [0.2, 0.25) is 0 Å². The predicted molar refractivity (Wildman–Crippen MR) is 82.3 cm³/mol. The van der Waals surface area contributed by atoms with Crippen LogP contribution in [0.4, 0.5) is 8.78 Å². The van der Waals surface area contributed by atoms with Crippen LogP contribution >= 0.6 is 27.5 Å². The maximum Gasteiger partial charge on any atom is 0.161 e. The lowest BCUT2D eigenvalue weighted by atomic mass is 10.1. The Hall–Kier alpha value is -1.59. The van der Waals surface area contributed by atoms with Crippen molar-refractivity contribution < 1.29 is 8.78 Å². The van der Waals surface area contributed by atoms with Gasteiger partial charge >= 0.3 is 0 Å². The summed E-state index contributed by atoms with van der Waals surface area (Å²) in [4.78, 5) is 8.28. The molecule has 2 aromatic carbocycles. The molecule has 0 amide bonds. The van der Waals surface area contributed by atoms with Gasteiger partial charge in [0.25, 0.3) is 0 Å². The van der Waals surface area contributed by atoms with E-state index in [1.54, 1.807) is 25.1 Å². The van der Waals surface area contributed by atoms with Crippen LogP contribution in [0, 0.1) is 18.6 Å². The molecule has 2 nitrogen and oxygen atoms in total. The van der Waals surface area contributed by atoms with Crippen molar-refractivity contribution in [3.8, 4) is 11.4 Å². The quantitative estimate of drug-likeness (QED) is 0.544. The molecular formula is C15H8BrClF2N2. The highest BCUT2D eigenvalue weighted by Crippen LogP contribution is 2.29. The van der Waals surface area contributed by atoms with Crippen LogP contribution in [0.3, 0.4) is 0 Å². The topological polar surface area (TPSA) is 25.8 Å². The van der Waals surface area contributed by atoms with Crippen molar-refractivity contribution in [1.29, 1.82) is 0 Å². The summed E-state index contributed by atoms with van der Waals surface area (Å²) >= 11 is 9.29. The highest BCUT2D eigenvalue weighted by atomic mass is 79.9. The molecule has 0 N–H and O–H groups in total. The van der Waals surface area contributed by atoms with Gasteiger partial charge in [0.1, 0.15) is 16.5 Å². The van der Waals surface area contributed by atoms with Crippen molar-refractivity contribution in [2.45, 2.75) is 6.92 Å². The molecule has 0 saturated heterocycles. The van der Waals surface area contributed by atoms with E-state index in [0.717, 1.165) is 0 Å². The zero-order valence-electron chi connectivity index (χ0n) is 10.8. The first kappa shape index (κ1) is 14.4. The Morgan fingerprint density at radius 2 is 1.81 bits per heavy atom. The summed E-state index contributed by atoms with van der Waals surface area (Å²) in [6.45, 7) is 1.66. The lowest BCUT2D eigenvalue weighted by Crippen LogP contribution is -1.95. The highest BCUT2D eigenvalue weighted by molar-refractivity contribution is 9.10. The summed E-state index contributed by atoms with van der Waals surface area (Å²) in [5.74, 6) is -0.700. The molecule has 0 spiro atoms. The lowest BCUT2D eigenvalue weighted by Gasteiger charge is -2.07. The molecule has 0 aliphatic rings. The minimum atomic E-state index is -0.516. The third-order valence-corrected chi connectivity index (χ3v) is 3.85. The van der Waals surface area contributed by atoms with Crippen molar-refractivity contribution >= 4 is 38.4 Å². The summed E-state index contributed by atoms with van der Waals surface area (Å²) in [5, 5.41) is 0.524. The number of benzene rings is 2. The maximum absolute atomic E-state index is 14.0. The first-order valence-corrected chi connectivity index (χ1v) is 7.21. The van der Waals surface area contributed by atoms with Gasteiger partial charge in [0.15, 0.2) is 11.6 Å². The Balaban J connectivity index is 2.27. The minimum Gasteiger partial charge on any atom is -0.225 e. The molecule has 3 rings (SSSR count). The first-order chi connectivity index (χ1) is 9.95. The number of hydrogen-bond donors (Lipinski definition) is 0. The van der Waals surface area contributed by atoms with Crippen molar-refractivity contribution in [2.75, 3.05) is 0 Å². The van der Waals surface area contributed by atoms with Crippen molar-refractivity contribution in [2.24, 2.45) is 0 Å². The Morgan fingerprint density at radius 3 is 2.52 bits per heavy atom. The van der Waals surface area contributed by atoms with Gasteiger partial charge < -0.3 is 0 Å². The molecule has 0 radical (unpaired) electrons. The minimum absolute atomic E-state index is 0.106. The fourth-order valence-corrected chi connectivity index (χ4v) is 2.64. The summed E-state index contributed by atoms with van der Waals surface area (Å²) in [6.07, 6.45) is 0. The number of halogens is 4. The second kappa shape index (κ2) is 5.31. The Kier molecular flexibility index (Phi) is 3.63. The molecule has 0 fully saturated rings. The van der Waals surface area contributed by atoms with Gasteiger partial charge in [-0.1, -0.05) is 39.7 Å². The molecule has 0 aliphatic heterocycles. The summed E-state index contributed by atoms with van der Waals surface area (Å²) in [5.41, 5.74) is 1.07. The Labute approximate surface area is 132 Å². The van der Waals surface area contributed by atoms with Crippen LogP contribution in [-0.4, -0.2) is 9.97 Å². The average molecular weight is 370 g/mol. The van der Waals surface area contributed by atoms with Gasteiger partial charge in [-0.3, -0.25) is 0 Å². The number of hydrogen-bond acceptors (Lipinski definition) is 2. The molecule has 0 aliphatic carbocycles. The lowest BCUT2D eigenvalue weighted by molar-refractivity contribution is 0.619. The van der Waals surface area contributed by atoms with Crippen LogP contribution in [0.5, 0.6) is 0 Å². The molecule has 0 saturated carbocycles. The third kappa shape index (κ3) is 2.63. The van der Waals surface area contributed by atoms with E-state index in [0.29, 0.717) is 21.0 Å². The van der Waals surface area contributed by atoms with Gasteiger partial charge in [0.05, 0.1) is 0 Å². The van der Waals surface area contributed by atoms with E-state index >= 15 is 0 Å². The fraction of sp³-hybridized carbons (Fsp3) is 0.0667. The number of nitrogens with zero attached hydrogens (tertiary/aromatic N) is 2. The van der Waals surface area contributed by atoms with Crippen LogP contribution in [0.1, 0.15) is 5.56 Å². The van der Waals surface area contributed by atoms with E-state index in [1.165, 1.54) is 12.1 Å². The van der Waals surface area contributed by atoms with Crippen LogP contribution in [0.25, 0.3) is 22.3 Å². The number of aryl methyl sites for hydroxylation is 1. The first-order valence-electron chi connectivity index (χ1n) is 6.04. The number of fused-ring (bicyclic) bond motifs is 1. The van der Waals surface area contributed by atoms with E-state index in [9.17, 15) is 8.78 Å². The molecule has 0 atom stereocenters. The molecule has 3 aromatic rings. The monoisotopic (exact) mass is 368 g/mol. The van der Waals surface area contributed by atoms with E-state index < -0.39 is 5.82 Å². The fourth-order valence-electron chi connectivity index (χ4n) is 1.98.